The normalized spacial score (nSPS) is 11.2. The number of benzene rings is 2. The Morgan fingerprint density at radius 1 is 1.17 bits per heavy atom. The van der Waals surface area contributed by atoms with E-state index in [1.54, 1.807) is 6.07 Å². The second-order valence-electron chi connectivity index (χ2n) is 6.19. The largest absolute Gasteiger partial charge is 0.492 e. The van der Waals surface area contributed by atoms with E-state index >= 15 is 0 Å². The minimum atomic E-state index is -3.58. The Morgan fingerprint density at radius 3 is 2.48 bits per heavy atom. The zero-order valence-corrected chi connectivity index (χ0v) is 18.0. The van der Waals surface area contributed by atoms with E-state index in [0.717, 1.165) is 10.6 Å². The number of anilines is 1. The van der Waals surface area contributed by atoms with Crippen LogP contribution in [0.1, 0.15) is 12.8 Å². The van der Waals surface area contributed by atoms with Crippen molar-refractivity contribution in [2.75, 3.05) is 30.3 Å². The smallest absolute Gasteiger partial charge is 0.232 e. The highest BCUT2D eigenvalue weighted by Crippen LogP contribution is 2.30. The second-order valence-corrected chi connectivity index (χ2v) is 8.94. The van der Waals surface area contributed by atoms with Crippen molar-refractivity contribution in [2.45, 2.75) is 12.8 Å². The molecule has 0 spiro atoms. The Kier molecular flexibility index (Phi) is 8.55. The molecule has 2 rings (SSSR count). The van der Waals surface area contributed by atoms with Gasteiger partial charge in [0.05, 0.1) is 23.5 Å². The molecule has 0 atom stereocenters. The number of nitrogens with one attached hydrogen (secondary N) is 1. The lowest BCUT2D eigenvalue weighted by atomic mass is 10.2. The lowest BCUT2D eigenvalue weighted by Gasteiger charge is -2.23. The SMILES string of the molecule is CS(=O)(=O)N(CCCC(=O)NCCOc1ccc(F)cc1)c1ccc(Cl)cc1Cl. The Labute approximate surface area is 179 Å². The summed E-state index contributed by atoms with van der Waals surface area (Å²) in [5, 5.41) is 3.30. The summed E-state index contributed by atoms with van der Waals surface area (Å²) in [5.74, 6) is -0.0821. The van der Waals surface area contributed by atoms with E-state index in [9.17, 15) is 17.6 Å². The molecule has 0 saturated heterocycles. The molecule has 0 bridgehead atoms. The van der Waals surface area contributed by atoms with Crippen molar-refractivity contribution in [1.29, 1.82) is 0 Å². The Morgan fingerprint density at radius 2 is 1.86 bits per heavy atom. The first-order valence-electron chi connectivity index (χ1n) is 8.74. The summed E-state index contributed by atoms with van der Waals surface area (Å²) >= 11 is 12.0. The van der Waals surface area contributed by atoms with Gasteiger partial charge in [0.1, 0.15) is 18.2 Å². The van der Waals surface area contributed by atoms with Gasteiger partial charge in [0.15, 0.2) is 0 Å². The molecule has 1 amide bonds. The fraction of sp³-hybridized carbons (Fsp3) is 0.316. The van der Waals surface area contributed by atoms with Gasteiger partial charge in [0.25, 0.3) is 0 Å². The first-order valence-corrected chi connectivity index (χ1v) is 11.3. The van der Waals surface area contributed by atoms with Crippen LogP contribution in [0.15, 0.2) is 42.5 Å². The van der Waals surface area contributed by atoms with Gasteiger partial charge in [-0.3, -0.25) is 9.10 Å². The first-order chi connectivity index (χ1) is 13.7. The minimum Gasteiger partial charge on any atom is -0.492 e. The van der Waals surface area contributed by atoms with Gasteiger partial charge in [-0.1, -0.05) is 23.2 Å². The molecular weight excluding hydrogens is 442 g/mol. The third-order valence-corrected chi connectivity index (χ3v) is 5.57. The van der Waals surface area contributed by atoms with E-state index in [2.05, 4.69) is 5.32 Å². The van der Waals surface area contributed by atoms with E-state index < -0.39 is 10.0 Å². The first kappa shape index (κ1) is 23.3. The molecular formula is C19H21Cl2FN2O4S. The summed E-state index contributed by atoms with van der Waals surface area (Å²) in [6, 6.07) is 10.1. The summed E-state index contributed by atoms with van der Waals surface area (Å²) in [7, 11) is -3.58. The summed E-state index contributed by atoms with van der Waals surface area (Å²) in [6.45, 7) is 0.599. The summed E-state index contributed by atoms with van der Waals surface area (Å²) in [5.41, 5.74) is 0.312. The summed E-state index contributed by atoms with van der Waals surface area (Å²) < 4.78 is 43.6. The maximum atomic E-state index is 12.8. The number of hydrogen-bond donors (Lipinski definition) is 1. The molecule has 0 aliphatic carbocycles. The van der Waals surface area contributed by atoms with Crippen LogP contribution in [0.4, 0.5) is 10.1 Å². The molecule has 0 radical (unpaired) electrons. The maximum Gasteiger partial charge on any atom is 0.232 e. The number of halogens is 3. The monoisotopic (exact) mass is 462 g/mol. The topological polar surface area (TPSA) is 75.7 Å². The fourth-order valence-electron chi connectivity index (χ4n) is 2.51. The van der Waals surface area contributed by atoms with Crippen molar-refractivity contribution in [2.24, 2.45) is 0 Å². The Balaban J connectivity index is 1.78. The zero-order chi connectivity index (χ0) is 21.4. The molecule has 0 aromatic heterocycles. The molecule has 1 N–H and O–H groups in total. The van der Waals surface area contributed by atoms with Crippen LogP contribution >= 0.6 is 23.2 Å². The van der Waals surface area contributed by atoms with E-state index in [-0.39, 0.29) is 42.9 Å². The molecule has 0 heterocycles. The van der Waals surface area contributed by atoms with Gasteiger partial charge < -0.3 is 10.1 Å². The van der Waals surface area contributed by atoms with Crippen molar-refractivity contribution < 1.29 is 22.3 Å². The standard InChI is InChI=1S/C19H21Cl2FN2O4S/c1-29(26,27)24(18-9-4-14(20)13-17(18)21)11-2-3-19(25)23-10-12-28-16-7-5-15(22)6-8-16/h4-9,13H,2-3,10-12H2,1H3,(H,23,25). The van der Waals surface area contributed by atoms with E-state index in [1.165, 1.54) is 36.4 Å². The molecule has 0 aliphatic rings. The molecule has 6 nitrogen and oxygen atoms in total. The van der Waals surface area contributed by atoms with Gasteiger partial charge in [-0.2, -0.15) is 0 Å². The van der Waals surface area contributed by atoms with Crippen molar-refractivity contribution in [1.82, 2.24) is 5.32 Å². The van der Waals surface area contributed by atoms with Crippen LogP contribution in [-0.2, 0) is 14.8 Å². The lowest BCUT2D eigenvalue weighted by Crippen LogP contribution is -2.33. The molecule has 0 unspecified atom stereocenters. The molecule has 10 heteroatoms. The second kappa shape index (κ2) is 10.7. The van der Waals surface area contributed by atoms with Crippen molar-refractivity contribution in [3.8, 4) is 5.75 Å². The molecule has 2 aromatic rings. The van der Waals surface area contributed by atoms with Gasteiger partial charge >= 0.3 is 0 Å². The van der Waals surface area contributed by atoms with Crippen LogP contribution < -0.4 is 14.4 Å². The van der Waals surface area contributed by atoms with Gasteiger partial charge in [0.2, 0.25) is 15.9 Å². The molecule has 158 valence electrons. The molecule has 2 aromatic carbocycles. The van der Waals surface area contributed by atoms with E-state index in [4.69, 9.17) is 27.9 Å². The highest BCUT2D eigenvalue weighted by molar-refractivity contribution is 7.92. The number of amides is 1. The number of rotatable bonds is 10. The summed E-state index contributed by atoms with van der Waals surface area (Å²) in [6.07, 6.45) is 1.51. The van der Waals surface area contributed by atoms with Crippen LogP contribution in [0.5, 0.6) is 5.75 Å². The summed E-state index contributed by atoms with van der Waals surface area (Å²) in [4.78, 5) is 12.0. The van der Waals surface area contributed by atoms with Gasteiger partial charge in [-0.05, 0) is 48.9 Å². The van der Waals surface area contributed by atoms with Gasteiger partial charge in [-0.25, -0.2) is 12.8 Å². The predicted octanol–water partition coefficient (Wildman–Crippen LogP) is 3.87. The van der Waals surface area contributed by atoms with Crippen LogP contribution in [0.3, 0.4) is 0 Å². The molecule has 0 fully saturated rings. The van der Waals surface area contributed by atoms with Crippen molar-refractivity contribution in [3.63, 3.8) is 0 Å². The van der Waals surface area contributed by atoms with Gasteiger partial charge in [-0.15, -0.1) is 0 Å². The third kappa shape index (κ3) is 7.72. The third-order valence-electron chi connectivity index (χ3n) is 3.85. The number of carbonyl (C=O) groups excluding carboxylic acids is 1. The number of nitrogens with zero attached hydrogens (tertiary/aromatic N) is 1. The average Bonchev–Trinajstić information content (AvgIpc) is 2.64. The van der Waals surface area contributed by atoms with Gasteiger partial charge in [0, 0.05) is 18.0 Å². The minimum absolute atomic E-state index is 0.0969. The Hall–Kier alpha value is -2.03. The number of sulfonamides is 1. The fourth-order valence-corrected chi connectivity index (χ4v) is 4.05. The quantitative estimate of drug-likeness (QED) is 0.543. The van der Waals surface area contributed by atoms with Crippen LogP contribution in [0, 0.1) is 5.82 Å². The predicted molar refractivity (Wildman–Crippen MR) is 113 cm³/mol. The van der Waals surface area contributed by atoms with Crippen molar-refractivity contribution in [3.05, 3.63) is 58.3 Å². The van der Waals surface area contributed by atoms with E-state index in [0.29, 0.717) is 22.9 Å². The average molecular weight is 463 g/mol. The van der Waals surface area contributed by atoms with Crippen LogP contribution in [0.25, 0.3) is 0 Å². The number of ether oxygens (including phenoxy) is 1. The van der Waals surface area contributed by atoms with Crippen LogP contribution in [-0.4, -0.2) is 40.3 Å². The number of hydrogen-bond acceptors (Lipinski definition) is 4. The van der Waals surface area contributed by atoms with Crippen molar-refractivity contribution >= 4 is 44.8 Å². The lowest BCUT2D eigenvalue weighted by molar-refractivity contribution is -0.121. The number of carbonyl (C=O) groups is 1. The highest BCUT2D eigenvalue weighted by Gasteiger charge is 2.20. The zero-order valence-electron chi connectivity index (χ0n) is 15.7. The maximum absolute atomic E-state index is 12.8. The molecule has 0 saturated carbocycles. The molecule has 29 heavy (non-hydrogen) atoms. The Bertz CT molecular complexity index is 940. The van der Waals surface area contributed by atoms with E-state index in [1.807, 2.05) is 0 Å². The molecule has 0 aliphatic heterocycles. The highest BCUT2D eigenvalue weighted by atomic mass is 35.5. The van der Waals surface area contributed by atoms with Crippen LogP contribution in [0.2, 0.25) is 10.0 Å².